The van der Waals surface area contributed by atoms with Crippen LogP contribution in [-0.4, -0.2) is 68.0 Å². The Hall–Kier alpha value is -3.43. The zero-order chi connectivity index (χ0) is 27.5. The van der Waals surface area contributed by atoms with Crippen molar-refractivity contribution in [2.75, 3.05) is 26.4 Å². The predicted octanol–water partition coefficient (Wildman–Crippen LogP) is 4.05. The molecule has 1 aliphatic heterocycles. The topological polar surface area (TPSA) is 98.5 Å². The summed E-state index contributed by atoms with van der Waals surface area (Å²) in [6.07, 6.45) is 3.10. The van der Waals surface area contributed by atoms with Crippen LogP contribution in [0.3, 0.4) is 0 Å². The van der Waals surface area contributed by atoms with Gasteiger partial charge in [0.1, 0.15) is 19.0 Å². The first-order valence-electron chi connectivity index (χ1n) is 13.7. The highest BCUT2D eigenvalue weighted by Crippen LogP contribution is 2.39. The molecule has 0 bridgehead atoms. The second-order valence-corrected chi connectivity index (χ2v) is 11.8. The van der Waals surface area contributed by atoms with E-state index < -0.39 is 18.3 Å². The van der Waals surface area contributed by atoms with Crippen molar-refractivity contribution in [2.45, 2.75) is 51.3 Å². The maximum absolute atomic E-state index is 13.2. The van der Waals surface area contributed by atoms with E-state index in [1.807, 2.05) is 25.2 Å². The lowest BCUT2D eigenvalue weighted by molar-refractivity contribution is 0.0289. The highest BCUT2D eigenvalue weighted by molar-refractivity contribution is 6.01. The number of imidazole rings is 1. The van der Waals surface area contributed by atoms with Gasteiger partial charge in [-0.25, -0.2) is 9.37 Å². The normalized spacial score (nSPS) is 16.8. The Morgan fingerprint density at radius 2 is 2.05 bits per heavy atom. The number of aryl methyl sites for hydroxylation is 1. The first-order valence-corrected chi connectivity index (χ1v) is 13.7. The van der Waals surface area contributed by atoms with Gasteiger partial charge in [0.2, 0.25) is 0 Å². The molecule has 1 atom stereocenters. The van der Waals surface area contributed by atoms with Crippen molar-refractivity contribution >= 4 is 27.8 Å². The van der Waals surface area contributed by atoms with Crippen LogP contribution in [0, 0.1) is 5.92 Å². The van der Waals surface area contributed by atoms with Crippen molar-refractivity contribution in [3.63, 3.8) is 0 Å². The molecule has 6 rings (SSSR count). The number of carbonyl (C=O) groups excluding carboxylic acids is 1. The second kappa shape index (κ2) is 9.64. The number of aromatic nitrogens is 3. The smallest absolute Gasteiger partial charge is 0.254 e. The van der Waals surface area contributed by atoms with E-state index in [-0.39, 0.29) is 19.1 Å². The summed E-state index contributed by atoms with van der Waals surface area (Å²) >= 11 is 0. The van der Waals surface area contributed by atoms with Crippen LogP contribution < -0.4 is 10.5 Å². The third-order valence-electron chi connectivity index (χ3n) is 7.76. The molecule has 3 heterocycles. The van der Waals surface area contributed by atoms with Crippen LogP contribution in [0.2, 0.25) is 0 Å². The van der Waals surface area contributed by atoms with Gasteiger partial charge in [0.25, 0.3) is 5.91 Å². The number of hydrogen-bond donors (Lipinski definition) is 2. The number of fused-ring (bicyclic) bond motifs is 3. The van der Waals surface area contributed by atoms with Gasteiger partial charge in [-0.05, 0) is 68.9 Å². The molecule has 0 spiro atoms. The van der Waals surface area contributed by atoms with E-state index in [4.69, 9.17) is 15.5 Å². The second-order valence-electron chi connectivity index (χ2n) is 11.8. The molecular formula is C30H36FN5O3. The summed E-state index contributed by atoms with van der Waals surface area (Å²) in [5.41, 5.74) is 10.2. The van der Waals surface area contributed by atoms with Crippen molar-refractivity contribution < 1.29 is 19.0 Å². The number of benzene rings is 2. The lowest BCUT2D eigenvalue weighted by Gasteiger charge is -2.30. The highest BCUT2D eigenvalue weighted by Gasteiger charge is 2.29. The standard InChI is InChI=1S/C30H36FN5O3/c1-30(2,38)17-39-26-6-4-5-20-12-25(36(27(20)26)15-18-7-8-18)28-33-23-13-22-19(11-24(23)34(28)3)9-10-35(29(22)37)16-21(32)14-31/h4-6,11-13,18,21,38H,7-10,14-17,32H2,1-3H3/t21-/m1/s1. The molecule has 1 amide bonds. The molecule has 0 radical (unpaired) electrons. The lowest BCUT2D eigenvalue weighted by Crippen LogP contribution is -2.45. The van der Waals surface area contributed by atoms with Gasteiger partial charge in [0.15, 0.2) is 5.82 Å². The molecule has 206 valence electrons. The molecule has 2 aliphatic rings. The largest absolute Gasteiger partial charge is 0.488 e. The zero-order valence-electron chi connectivity index (χ0n) is 22.8. The zero-order valence-corrected chi connectivity index (χ0v) is 22.8. The fraction of sp³-hybridized carbons (Fsp3) is 0.467. The molecule has 2 aromatic carbocycles. The number of carbonyl (C=O) groups is 1. The maximum atomic E-state index is 13.2. The first-order chi connectivity index (χ1) is 18.6. The average molecular weight is 534 g/mol. The lowest BCUT2D eigenvalue weighted by atomic mass is 9.97. The van der Waals surface area contributed by atoms with Crippen molar-refractivity contribution in [3.05, 3.63) is 47.5 Å². The molecular weight excluding hydrogens is 497 g/mol. The van der Waals surface area contributed by atoms with E-state index in [9.17, 15) is 14.3 Å². The number of nitrogens with zero attached hydrogens (tertiary/aromatic N) is 4. The number of hydrogen-bond acceptors (Lipinski definition) is 5. The van der Waals surface area contributed by atoms with Crippen molar-refractivity contribution in [2.24, 2.45) is 18.7 Å². The third kappa shape index (κ3) is 4.89. The molecule has 2 aromatic heterocycles. The van der Waals surface area contributed by atoms with Gasteiger partial charge in [-0.3, -0.25) is 4.79 Å². The summed E-state index contributed by atoms with van der Waals surface area (Å²) in [6, 6.07) is 11.4. The summed E-state index contributed by atoms with van der Waals surface area (Å²) in [4.78, 5) is 19.9. The van der Waals surface area contributed by atoms with Crippen LogP contribution in [0.1, 0.15) is 42.6 Å². The van der Waals surface area contributed by atoms with Crippen molar-refractivity contribution in [1.82, 2.24) is 19.0 Å². The fourth-order valence-electron chi connectivity index (χ4n) is 5.54. The molecule has 1 fully saturated rings. The number of amides is 1. The summed E-state index contributed by atoms with van der Waals surface area (Å²) in [6.45, 7) is 4.61. The van der Waals surface area contributed by atoms with Gasteiger partial charge >= 0.3 is 0 Å². The molecule has 0 unspecified atom stereocenters. The molecule has 8 nitrogen and oxygen atoms in total. The third-order valence-corrected chi connectivity index (χ3v) is 7.76. The van der Waals surface area contributed by atoms with Crippen LogP contribution in [0.5, 0.6) is 5.75 Å². The van der Waals surface area contributed by atoms with Gasteiger partial charge in [-0.1, -0.05) is 12.1 Å². The quantitative estimate of drug-likeness (QED) is 0.338. The van der Waals surface area contributed by atoms with Gasteiger partial charge in [0.05, 0.1) is 33.9 Å². The van der Waals surface area contributed by atoms with Crippen LogP contribution >= 0.6 is 0 Å². The number of alkyl halides is 1. The van der Waals surface area contributed by atoms with E-state index in [2.05, 4.69) is 27.3 Å². The molecule has 1 saturated carbocycles. The Balaban J connectivity index is 1.44. The van der Waals surface area contributed by atoms with Gasteiger partial charge in [0, 0.05) is 37.6 Å². The monoisotopic (exact) mass is 533 g/mol. The molecule has 0 saturated heterocycles. The number of rotatable bonds is 9. The van der Waals surface area contributed by atoms with Crippen LogP contribution in [-0.2, 0) is 20.0 Å². The van der Waals surface area contributed by atoms with Crippen LogP contribution in [0.25, 0.3) is 33.5 Å². The fourth-order valence-corrected chi connectivity index (χ4v) is 5.54. The SMILES string of the molecule is Cn1c(-c2cc3cccc(OCC(C)(C)O)c3n2CC2CC2)nc2cc3c(cc21)CCN(C[C@H](N)CF)C3=O. The van der Waals surface area contributed by atoms with Gasteiger partial charge in [-0.15, -0.1) is 0 Å². The van der Waals surface area contributed by atoms with Gasteiger partial charge < -0.3 is 29.6 Å². The van der Waals surface area contributed by atoms with Gasteiger partial charge in [-0.2, -0.15) is 0 Å². The molecule has 4 aromatic rings. The number of halogens is 1. The van der Waals surface area contributed by atoms with Crippen LogP contribution in [0.15, 0.2) is 36.4 Å². The van der Waals surface area contributed by atoms with E-state index in [0.717, 1.165) is 51.3 Å². The molecule has 3 N–H and O–H groups in total. The first kappa shape index (κ1) is 25.8. The number of ether oxygens (including phenoxy) is 1. The van der Waals surface area contributed by atoms with Crippen molar-refractivity contribution in [3.8, 4) is 17.3 Å². The highest BCUT2D eigenvalue weighted by atomic mass is 19.1. The summed E-state index contributed by atoms with van der Waals surface area (Å²) in [7, 11) is 2.01. The Bertz CT molecular complexity index is 1560. The van der Waals surface area contributed by atoms with E-state index >= 15 is 0 Å². The Kier molecular flexibility index (Phi) is 6.38. The summed E-state index contributed by atoms with van der Waals surface area (Å²) < 4.78 is 23.5. The number of aliphatic hydroxyl groups is 1. The Labute approximate surface area is 227 Å². The van der Waals surface area contributed by atoms with E-state index in [1.54, 1.807) is 18.7 Å². The van der Waals surface area contributed by atoms with E-state index in [0.29, 0.717) is 24.4 Å². The molecule has 39 heavy (non-hydrogen) atoms. The Morgan fingerprint density at radius 1 is 1.26 bits per heavy atom. The predicted molar refractivity (Wildman–Crippen MR) is 150 cm³/mol. The maximum Gasteiger partial charge on any atom is 0.254 e. The average Bonchev–Trinajstić information content (AvgIpc) is 3.57. The summed E-state index contributed by atoms with van der Waals surface area (Å²) in [5, 5.41) is 11.3. The van der Waals surface area contributed by atoms with Crippen LogP contribution in [0.4, 0.5) is 4.39 Å². The molecule has 1 aliphatic carbocycles. The number of para-hydroxylation sites is 1. The minimum Gasteiger partial charge on any atom is -0.488 e. The Morgan fingerprint density at radius 3 is 2.77 bits per heavy atom. The van der Waals surface area contributed by atoms with Crippen molar-refractivity contribution in [1.29, 1.82) is 0 Å². The minimum atomic E-state index is -0.945. The minimum absolute atomic E-state index is 0.120. The van der Waals surface area contributed by atoms with E-state index in [1.165, 1.54) is 12.8 Å². The summed E-state index contributed by atoms with van der Waals surface area (Å²) in [5.74, 6) is 2.06. The molecule has 9 heteroatoms. The number of nitrogens with two attached hydrogens (primary N) is 1.